The van der Waals surface area contributed by atoms with Crippen molar-refractivity contribution in [3.8, 4) is 17.2 Å². The van der Waals surface area contributed by atoms with Gasteiger partial charge in [0, 0.05) is 18.6 Å². The van der Waals surface area contributed by atoms with Crippen LogP contribution in [0, 0.1) is 0 Å². The van der Waals surface area contributed by atoms with Crippen LogP contribution in [0.3, 0.4) is 0 Å². The molecule has 1 aliphatic rings. The number of allylic oxidation sites excluding steroid dienone is 1. The zero-order valence-corrected chi connectivity index (χ0v) is 14.4. The molecule has 0 aliphatic carbocycles. The van der Waals surface area contributed by atoms with Gasteiger partial charge in [0.05, 0.1) is 11.3 Å². The first kappa shape index (κ1) is 16.7. The van der Waals surface area contributed by atoms with Gasteiger partial charge in [-0.15, -0.1) is 0 Å². The van der Waals surface area contributed by atoms with E-state index in [1.807, 2.05) is 71.6 Å². The van der Waals surface area contributed by atoms with Crippen molar-refractivity contribution < 1.29 is 14.3 Å². The quantitative estimate of drug-likeness (QED) is 0.559. The molecule has 27 heavy (non-hydrogen) atoms. The summed E-state index contributed by atoms with van der Waals surface area (Å²) in [4.78, 5) is 12.4. The number of amides is 1. The third-order valence-corrected chi connectivity index (χ3v) is 4.04. The van der Waals surface area contributed by atoms with Crippen LogP contribution in [0.15, 0.2) is 78.2 Å². The molecule has 0 saturated carbocycles. The SMILES string of the molecule is O=C(N/N=C\C=C\c1ccc2c(c1)OCO2)c1ccccc1-n1cccc1. The molecule has 4 rings (SSSR count). The van der Waals surface area contributed by atoms with Crippen LogP contribution in [0.5, 0.6) is 11.5 Å². The van der Waals surface area contributed by atoms with Gasteiger partial charge in [-0.25, -0.2) is 5.43 Å². The van der Waals surface area contributed by atoms with Crippen LogP contribution in [-0.4, -0.2) is 23.5 Å². The monoisotopic (exact) mass is 359 g/mol. The number of hydrogen-bond donors (Lipinski definition) is 1. The Balaban J connectivity index is 1.40. The van der Waals surface area contributed by atoms with Crippen molar-refractivity contribution in [1.82, 2.24) is 9.99 Å². The highest BCUT2D eigenvalue weighted by molar-refractivity contribution is 5.98. The van der Waals surface area contributed by atoms with Crippen molar-refractivity contribution in [1.29, 1.82) is 0 Å². The van der Waals surface area contributed by atoms with Crippen LogP contribution in [0.4, 0.5) is 0 Å². The van der Waals surface area contributed by atoms with Crippen molar-refractivity contribution in [2.75, 3.05) is 6.79 Å². The lowest BCUT2D eigenvalue weighted by Gasteiger charge is -2.08. The molecule has 0 atom stereocenters. The Morgan fingerprint density at radius 2 is 1.85 bits per heavy atom. The van der Waals surface area contributed by atoms with Crippen molar-refractivity contribution >= 4 is 18.2 Å². The number of nitrogens with zero attached hydrogens (tertiary/aromatic N) is 2. The fourth-order valence-corrected chi connectivity index (χ4v) is 2.76. The summed E-state index contributed by atoms with van der Waals surface area (Å²) in [6.45, 7) is 0.250. The molecule has 0 fully saturated rings. The van der Waals surface area contributed by atoms with E-state index in [2.05, 4.69) is 10.5 Å². The molecular formula is C21H17N3O3. The maximum atomic E-state index is 12.4. The Labute approximate surface area is 156 Å². The van der Waals surface area contributed by atoms with Gasteiger partial charge in [0.2, 0.25) is 6.79 Å². The first-order chi connectivity index (χ1) is 13.3. The van der Waals surface area contributed by atoms with Gasteiger partial charge in [0.15, 0.2) is 11.5 Å². The molecule has 0 spiro atoms. The Bertz CT molecular complexity index is 1010. The van der Waals surface area contributed by atoms with Gasteiger partial charge in [0.25, 0.3) is 5.91 Å². The number of aromatic nitrogens is 1. The summed E-state index contributed by atoms with van der Waals surface area (Å²) in [5.74, 6) is 1.20. The van der Waals surface area contributed by atoms with E-state index in [1.54, 1.807) is 12.1 Å². The number of benzene rings is 2. The molecule has 1 N–H and O–H groups in total. The minimum absolute atomic E-state index is 0.250. The van der Waals surface area contributed by atoms with Gasteiger partial charge in [-0.2, -0.15) is 5.10 Å². The number of carbonyl (C=O) groups is 1. The average molecular weight is 359 g/mol. The molecule has 1 aromatic heterocycles. The fourth-order valence-electron chi connectivity index (χ4n) is 2.76. The van der Waals surface area contributed by atoms with E-state index in [1.165, 1.54) is 6.21 Å². The Kier molecular flexibility index (Phi) is 4.70. The highest BCUT2D eigenvalue weighted by atomic mass is 16.7. The lowest BCUT2D eigenvalue weighted by molar-refractivity contribution is 0.0955. The number of hydrogen-bond acceptors (Lipinski definition) is 4. The maximum Gasteiger partial charge on any atom is 0.273 e. The molecule has 2 heterocycles. The van der Waals surface area contributed by atoms with Gasteiger partial charge in [-0.3, -0.25) is 4.79 Å². The van der Waals surface area contributed by atoms with Gasteiger partial charge < -0.3 is 14.0 Å². The van der Waals surface area contributed by atoms with Gasteiger partial charge in [-0.05, 0) is 48.0 Å². The Morgan fingerprint density at radius 1 is 1.04 bits per heavy atom. The lowest BCUT2D eigenvalue weighted by atomic mass is 10.1. The number of fused-ring (bicyclic) bond motifs is 1. The predicted octanol–water partition coefficient (Wildman–Crippen LogP) is 3.64. The number of rotatable bonds is 5. The summed E-state index contributed by atoms with van der Waals surface area (Å²) in [5.41, 5.74) is 4.85. The summed E-state index contributed by atoms with van der Waals surface area (Å²) >= 11 is 0. The van der Waals surface area contributed by atoms with Gasteiger partial charge >= 0.3 is 0 Å². The van der Waals surface area contributed by atoms with Gasteiger partial charge in [-0.1, -0.05) is 24.3 Å². The number of hydrazone groups is 1. The van der Waals surface area contributed by atoms with Crippen molar-refractivity contribution in [2.45, 2.75) is 0 Å². The van der Waals surface area contributed by atoms with Crippen LogP contribution in [0.2, 0.25) is 0 Å². The topological polar surface area (TPSA) is 64.8 Å². The molecule has 6 nitrogen and oxygen atoms in total. The summed E-state index contributed by atoms with van der Waals surface area (Å²) in [7, 11) is 0. The van der Waals surface area contributed by atoms with E-state index in [9.17, 15) is 4.79 Å². The molecule has 0 radical (unpaired) electrons. The third kappa shape index (κ3) is 3.74. The van der Waals surface area contributed by atoms with Crippen LogP contribution < -0.4 is 14.9 Å². The molecular weight excluding hydrogens is 342 g/mol. The smallest absolute Gasteiger partial charge is 0.273 e. The number of ether oxygens (including phenoxy) is 2. The predicted molar refractivity (Wildman–Crippen MR) is 103 cm³/mol. The second kappa shape index (κ2) is 7.61. The van der Waals surface area contributed by atoms with Crippen LogP contribution in [-0.2, 0) is 0 Å². The summed E-state index contributed by atoms with van der Waals surface area (Å²) < 4.78 is 12.5. The van der Waals surface area contributed by atoms with E-state index in [4.69, 9.17) is 9.47 Å². The van der Waals surface area contributed by atoms with Crippen LogP contribution >= 0.6 is 0 Å². The van der Waals surface area contributed by atoms with Crippen LogP contribution in [0.1, 0.15) is 15.9 Å². The fraction of sp³-hybridized carbons (Fsp3) is 0.0476. The zero-order chi connectivity index (χ0) is 18.5. The normalized spacial score (nSPS) is 12.7. The number of para-hydroxylation sites is 1. The highest BCUT2D eigenvalue weighted by Crippen LogP contribution is 2.32. The van der Waals surface area contributed by atoms with Crippen molar-refractivity contribution in [3.63, 3.8) is 0 Å². The molecule has 0 unspecified atom stereocenters. The van der Waals surface area contributed by atoms with Crippen molar-refractivity contribution in [3.05, 3.63) is 84.2 Å². The van der Waals surface area contributed by atoms with E-state index < -0.39 is 0 Å². The average Bonchev–Trinajstić information content (AvgIpc) is 3.39. The molecule has 134 valence electrons. The Hall–Kier alpha value is -3.80. The van der Waals surface area contributed by atoms with Crippen molar-refractivity contribution in [2.24, 2.45) is 5.10 Å². The van der Waals surface area contributed by atoms with E-state index >= 15 is 0 Å². The highest BCUT2D eigenvalue weighted by Gasteiger charge is 2.12. The number of carbonyl (C=O) groups excluding carboxylic acids is 1. The summed E-state index contributed by atoms with van der Waals surface area (Å²) in [6.07, 6.45) is 8.93. The first-order valence-corrected chi connectivity index (χ1v) is 8.43. The number of nitrogens with one attached hydrogen (secondary N) is 1. The minimum Gasteiger partial charge on any atom is -0.454 e. The molecule has 6 heteroatoms. The minimum atomic E-state index is -0.271. The second-order valence-corrected chi connectivity index (χ2v) is 5.80. The lowest BCUT2D eigenvalue weighted by Crippen LogP contribution is -2.19. The standard InChI is InChI=1S/C21H17N3O3/c25-21(17-7-1-2-8-18(17)24-12-3-4-13-24)23-22-11-5-6-16-9-10-19-20(14-16)27-15-26-19/h1-14H,15H2,(H,23,25)/b6-5+,22-11-. The molecule has 2 aromatic carbocycles. The molecule has 3 aromatic rings. The molecule has 1 aliphatic heterocycles. The summed E-state index contributed by atoms with van der Waals surface area (Å²) in [6, 6.07) is 16.9. The summed E-state index contributed by atoms with van der Waals surface area (Å²) in [5, 5.41) is 3.98. The largest absolute Gasteiger partial charge is 0.454 e. The van der Waals surface area contributed by atoms with E-state index in [0.29, 0.717) is 5.56 Å². The van der Waals surface area contributed by atoms with E-state index in [0.717, 1.165) is 22.7 Å². The first-order valence-electron chi connectivity index (χ1n) is 8.43. The zero-order valence-electron chi connectivity index (χ0n) is 14.4. The molecule has 0 saturated heterocycles. The Morgan fingerprint density at radius 3 is 2.74 bits per heavy atom. The maximum absolute atomic E-state index is 12.4. The third-order valence-electron chi connectivity index (χ3n) is 4.04. The van der Waals surface area contributed by atoms with E-state index in [-0.39, 0.29) is 12.7 Å². The molecule has 0 bridgehead atoms. The van der Waals surface area contributed by atoms with Crippen LogP contribution in [0.25, 0.3) is 11.8 Å². The second-order valence-electron chi connectivity index (χ2n) is 5.80. The van der Waals surface area contributed by atoms with Gasteiger partial charge in [0.1, 0.15) is 0 Å². The molecule has 1 amide bonds.